The van der Waals surface area contributed by atoms with Gasteiger partial charge in [-0.1, -0.05) is 18.2 Å². The highest BCUT2D eigenvalue weighted by Crippen LogP contribution is 2.32. The Morgan fingerprint density at radius 1 is 1.19 bits per heavy atom. The molecule has 1 unspecified atom stereocenters. The number of fused-ring (bicyclic) bond motifs is 1. The van der Waals surface area contributed by atoms with Gasteiger partial charge in [-0.15, -0.1) is 0 Å². The molecule has 2 aromatic carbocycles. The van der Waals surface area contributed by atoms with Crippen molar-refractivity contribution in [1.29, 1.82) is 0 Å². The smallest absolute Gasteiger partial charge is 0.178 e. The summed E-state index contributed by atoms with van der Waals surface area (Å²) in [4.78, 5) is 2.19. The lowest BCUT2D eigenvalue weighted by Crippen LogP contribution is -2.38. The number of benzene rings is 2. The highest BCUT2D eigenvalue weighted by molar-refractivity contribution is 7.80. The van der Waals surface area contributed by atoms with Crippen molar-refractivity contribution >= 4 is 28.7 Å². The second-order valence-electron chi connectivity index (χ2n) is 5.21. The molecule has 0 fully saturated rings. The van der Waals surface area contributed by atoms with E-state index in [1.807, 2.05) is 24.3 Å². The van der Waals surface area contributed by atoms with Crippen molar-refractivity contribution in [3.63, 3.8) is 0 Å². The first-order chi connectivity index (χ1) is 10.2. The van der Waals surface area contributed by atoms with Gasteiger partial charge in [0.05, 0.1) is 7.11 Å². The van der Waals surface area contributed by atoms with Crippen molar-refractivity contribution in [2.45, 2.75) is 19.4 Å². The Balaban J connectivity index is 1.79. The molecule has 3 rings (SSSR count). The molecule has 0 radical (unpaired) electrons. The number of hydrogen-bond donors (Lipinski definition) is 1. The first-order valence-electron chi connectivity index (χ1n) is 7.01. The van der Waals surface area contributed by atoms with E-state index < -0.39 is 0 Å². The van der Waals surface area contributed by atoms with E-state index in [1.165, 1.54) is 11.3 Å². The Labute approximate surface area is 130 Å². The third-order valence-electron chi connectivity index (χ3n) is 3.77. The van der Waals surface area contributed by atoms with Gasteiger partial charge in [-0.2, -0.15) is 0 Å². The Kier molecular flexibility index (Phi) is 3.80. The zero-order valence-electron chi connectivity index (χ0n) is 12.2. The quantitative estimate of drug-likeness (QED) is 0.851. The molecule has 1 heterocycles. The summed E-state index contributed by atoms with van der Waals surface area (Å²) in [5, 5.41) is 4.04. The van der Waals surface area contributed by atoms with Crippen LogP contribution in [0.1, 0.15) is 12.5 Å². The minimum Gasteiger partial charge on any atom is -0.497 e. The van der Waals surface area contributed by atoms with Crippen LogP contribution in [0.4, 0.5) is 11.4 Å². The van der Waals surface area contributed by atoms with Crippen LogP contribution < -0.4 is 15.0 Å². The van der Waals surface area contributed by atoms with Crippen LogP contribution in [0.25, 0.3) is 0 Å². The van der Waals surface area contributed by atoms with E-state index >= 15 is 0 Å². The molecule has 0 saturated carbocycles. The maximum Gasteiger partial charge on any atom is 0.178 e. The number of hydrogen-bond acceptors (Lipinski definition) is 2. The number of para-hydroxylation sites is 1. The summed E-state index contributed by atoms with van der Waals surface area (Å²) < 4.78 is 5.17. The van der Waals surface area contributed by atoms with E-state index in [9.17, 15) is 0 Å². The largest absolute Gasteiger partial charge is 0.497 e. The number of rotatable bonds is 2. The van der Waals surface area contributed by atoms with Gasteiger partial charge in [0.25, 0.3) is 0 Å². The molecule has 1 N–H and O–H groups in total. The predicted octanol–water partition coefficient (Wildman–Crippen LogP) is 3.84. The molecule has 2 aromatic rings. The van der Waals surface area contributed by atoms with Crippen LogP contribution in [-0.2, 0) is 6.42 Å². The molecule has 1 atom stereocenters. The summed E-state index contributed by atoms with van der Waals surface area (Å²) in [6.45, 7) is 2.20. The fourth-order valence-corrected chi connectivity index (χ4v) is 3.13. The van der Waals surface area contributed by atoms with Gasteiger partial charge >= 0.3 is 0 Å². The first-order valence-corrected chi connectivity index (χ1v) is 7.42. The predicted molar refractivity (Wildman–Crippen MR) is 91.3 cm³/mol. The van der Waals surface area contributed by atoms with Gasteiger partial charge in [0.2, 0.25) is 0 Å². The van der Waals surface area contributed by atoms with Crippen molar-refractivity contribution in [2.24, 2.45) is 0 Å². The molecule has 0 saturated heterocycles. The van der Waals surface area contributed by atoms with Crippen molar-refractivity contribution in [3.05, 3.63) is 54.1 Å². The van der Waals surface area contributed by atoms with E-state index in [0.717, 1.165) is 23.0 Å². The number of thiocarbonyl (C=S) groups is 1. The molecular weight excluding hydrogens is 280 g/mol. The summed E-state index contributed by atoms with van der Waals surface area (Å²) >= 11 is 5.59. The molecule has 1 aliphatic rings. The molecular formula is C17H18N2OS. The Morgan fingerprint density at radius 3 is 2.62 bits per heavy atom. The first kappa shape index (κ1) is 13.9. The second kappa shape index (κ2) is 5.74. The Hall–Kier alpha value is -2.07. The fourth-order valence-electron chi connectivity index (χ4n) is 2.73. The average Bonchev–Trinajstić information content (AvgIpc) is 2.83. The Bertz CT molecular complexity index is 654. The van der Waals surface area contributed by atoms with E-state index in [2.05, 4.69) is 41.4 Å². The normalized spacial score (nSPS) is 16.5. The fraction of sp³-hybridized carbons (Fsp3) is 0.235. The van der Waals surface area contributed by atoms with Crippen LogP contribution in [0, 0.1) is 0 Å². The molecule has 21 heavy (non-hydrogen) atoms. The van der Waals surface area contributed by atoms with Gasteiger partial charge in [-0.25, -0.2) is 0 Å². The van der Waals surface area contributed by atoms with Crippen LogP contribution in [-0.4, -0.2) is 18.3 Å². The van der Waals surface area contributed by atoms with E-state index in [-0.39, 0.29) is 0 Å². The third kappa shape index (κ3) is 2.72. The van der Waals surface area contributed by atoms with Gasteiger partial charge in [-0.3, -0.25) is 0 Å². The molecule has 0 amide bonds. The lowest BCUT2D eigenvalue weighted by Gasteiger charge is -2.26. The molecule has 4 heteroatoms. The van der Waals surface area contributed by atoms with Crippen molar-refractivity contribution in [3.8, 4) is 5.75 Å². The number of nitrogens with zero attached hydrogens (tertiary/aromatic N) is 1. The SMILES string of the molecule is COc1ccc(NC(=S)N2c3ccccc3CC2C)cc1. The highest BCUT2D eigenvalue weighted by Gasteiger charge is 2.28. The van der Waals surface area contributed by atoms with Crippen LogP contribution in [0.2, 0.25) is 0 Å². The maximum atomic E-state index is 5.59. The summed E-state index contributed by atoms with van der Waals surface area (Å²) in [5.74, 6) is 0.839. The summed E-state index contributed by atoms with van der Waals surface area (Å²) in [7, 11) is 1.66. The van der Waals surface area contributed by atoms with Crippen molar-refractivity contribution in [1.82, 2.24) is 0 Å². The lowest BCUT2D eigenvalue weighted by molar-refractivity contribution is 0.415. The number of anilines is 2. The molecule has 1 aliphatic heterocycles. The number of methoxy groups -OCH3 is 1. The summed E-state index contributed by atoms with van der Waals surface area (Å²) in [5.41, 5.74) is 3.53. The standard InChI is InChI=1S/C17H18N2OS/c1-12-11-13-5-3-4-6-16(13)19(12)17(21)18-14-7-9-15(20-2)10-8-14/h3-10,12H,11H2,1-2H3,(H,18,21). The number of ether oxygens (including phenoxy) is 1. The minimum absolute atomic E-state index is 0.376. The second-order valence-corrected chi connectivity index (χ2v) is 5.60. The van der Waals surface area contributed by atoms with Gasteiger partial charge in [0.15, 0.2) is 5.11 Å². The van der Waals surface area contributed by atoms with Crippen LogP contribution in [0.5, 0.6) is 5.75 Å². The number of nitrogens with one attached hydrogen (secondary N) is 1. The molecule has 0 aliphatic carbocycles. The monoisotopic (exact) mass is 298 g/mol. The highest BCUT2D eigenvalue weighted by atomic mass is 32.1. The molecule has 0 bridgehead atoms. The zero-order chi connectivity index (χ0) is 14.8. The van der Waals surface area contributed by atoms with Crippen molar-refractivity contribution in [2.75, 3.05) is 17.3 Å². The summed E-state index contributed by atoms with van der Waals surface area (Å²) in [6, 6.07) is 16.6. The average molecular weight is 298 g/mol. The maximum absolute atomic E-state index is 5.59. The van der Waals surface area contributed by atoms with Gasteiger partial charge < -0.3 is 15.0 Å². The van der Waals surface area contributed by atoms with Crippen LogP contribution >= 0.6 is 12.2 Å². The van der Waals surface area contributed by atoms with Crippen LogP contribution in [0.3, 0.4) is 0 Å². The summed E-state index contributed by atoms with van der Waals surface area (Å²) in [6.07, 6.45) is 1.03. The molecule has 0 aromatic heterocycles. The Morgan fingerprint density at radius 2 is 1.90 bits per heavy atom. The van der Waals surface area contributed by atoms with E-state index in [0.29, 0.717) is 6.04 Å². The molecule has 108 valence electrons. The van der Waals surface area contributed by atoms with E-state index in [1.54, 1.807) is 7.11 Å². The lowest BCUT2D eigenvalue weighted by atomic mass is 10.1. The van der Waals surface area contributed by atoms with Gasteiger partial charge in [0, 0.05) is 17.4 Å². The third-order valence-corrected chi connectivity index (χ3v) is 4.07. The van der Waals surface area contributed by atoms with Crippen molar-refractivity contribution < 1.29 is 4.74 Å². The van der Waals surface area contributed by atoms with E-state index in [4.69, 9.17) is 17.0 Å². The molecule has 0 spiro atoms. The van der Waals surface area contributed by atoms with Gasteiger partial charge in [0.1, 0.15) is 5.75 Å². The van der Waals surface area contributed by atoms with Crippen LogP contribution in [0.15, 0.2) is 48.5 Å². The zero-order valence-corrected chi connectivity index (χ0v) is 13.0. The van der Waals surface area contributed by atoms with Gasteiger partial charge in [-0.05, 0) is 61.5 Å². The molecule has 3 nitrogen and oxygen atoms in total. The topological polar surface area (TPSA) is 24.5 Å². The minimum atomic E-state index is 0.376.